The molecule has 2 aromatic heterocycles. The standard InChI is InChI=1S/C11H7ClN4/c12-10-6-13-7-11(15-10)16-9-4-2-1-3-8(9)5-14-16/h1-7H. The van der Waals surface area contributed by atoms with Crippen molar-refractivity contribution in [1.29, 1.82) is 0 Å². The Morgan fingerprint density at radius 1 is 1.06 bits per heavy atom. The highest BCUT2D eigenvalue weighted by Crippen LogP contribution is 2.16. The third-order valence-electron chi connectivity index (χ3n) is 2.29. The van der Waals surface area contributed by atoms with Gasteiger partial charge in [0.2, 0.25) is 0 Å². The van der Waals surface area contributed by atoms with Gasteiger partial charge in [-0.1, -0.05) is 29.8 Å². The van der Waals surface area contributed by atoms with Gasteiger partial charge in [-0.15, -0.1) is 0 Å². The van der Waals surface area contributed by atoms with E-state index in [-0.39, 0.29) is 0 Å². The number of rotatable bonds is 1. The van der Waals surface area contributed by atoms with Crippen LogP contribution >= 0.6 is 11.6 Å². The maximum Gasteiger partial charge on any atom is 0.174 e. The lowest BCUT2D eigenvalue weighted by Gasteiger charge is -2.01. The highest BCUT2D eigenvalue weighted by atomic mass is 35.5. The summed E-state index contributed by atoms with van der Waals surface area (Å²) in [5, 5.41) is 5.68. The molecule has 0 fully saturated rings. The largest absolute Gasteiger partial charge is 0.258 e. The van der Waals surface area contributed by atoms with Crippen LogP contribution in [0.1, 0.15) is 0 Å². The van der Waals surface area contributed by atoms with Gasteiger partial charge in [-0.05, 0) is 6.07 Å². The summed E-state index contributed by atoms with van der Waals surface area (Å²) < 4.78 is 1.72. The zero-order valence-corrected chi connectivity index (χ0v) is 8.96. The van der Waals surface area contributed by atoms with Crippen LogP contribution in [0.15, 0.2) is 42.9 Å². The summed E-state index contributed by atoms with van der Waals surface area (Å²) in [6.45, 7) is 0. The first-order chi connectivity index (χ1) is 7.84. The van der Waals surface area contributed by atoms with Crippen LogP contribution in [0.3, 0.4) is 0 Å². The van der Waals surface area contributed by atoms with E-state index in [4.69, 9.17) is 11.6 Å². The fourth-order valence-electron chi connectivity index (χ4n) is 1.59. The molecule has 0 saturated carbocycles. The molecule has 1 aromatic carbocycles. The second-order valence-corrected chi connectivity index (χ2v) is 3.70. The van der Waals surface area contributed by atoms with E-state index in [0.717, 1.165) is 10.9 Å². The Hall–Kier alpha value is -1.94. The SMILES string of the molecule is Clc1cncc(-n2ncc3ccccc32)n1. The van der Waals surface area contributed by atoms with Crippen LogP contribution in [0.2, 0.25) is 5.15 Å². The average Bonchev–Trinajstić information content (AvgIpc) is 2.72. The smallest absolute Gasteiger partial charge is 0.174 e. The van der Waals surface area contributed by atoms with E-state index in [1.165, 1.54) is 6.20 Å². The van der Waals surface area contributed by atoms with E-state index in [0.29, 0.717) is 11.0 Å². The molecular weight excluding hydrogens is 224 g/mol. The van der Waals surface area contributed by atoms with Gasteiger partial charge in [-0.2, -0.15) is 5.10 Å². The zero-order chi connectivity index (χ0) is 11.0. The van der Waals surface area contributed by atoms with Gasteiger partial charge in [-0.3, -0.25) is 4.98 Å². The molecule has 0 atom stereocenters. The third kappa shape index (κ3) is 1.44. The lowest BCUT2D eigenvalue weighted by atomic mass is 10.3. The molecule has 4 nitrogen and oxygen atoms in total. The Labute approximate surface area is 96.5 Å². The summed E-state index contributed by atoms with van der Waals surface area (Å²) in [5.41, 5.74) is 0.985. The number of aromatic nitrogens is 4. The molecule has 3 aromatic rings. The molecule has 0 radical (unpaired) electrons. The summed E-state index contributed by atoms with van der Waals surface area (Å²) in [6.07, 6.45) is 4.92. The van der Waals surface area contributed by atoms with Gasteiger partial charge in [-0.25, -0.2) is 9.67 Å². The summed E-state index contributed by atoms with van der Waals surface area (Å²) in [4.78, 5) is 8.16. The Morgan fingerprint density at radius 3 is 2.81 bits per heavy atom. The van der Waals surface area contributed by atoms with Crippen molar-refractivity contribution in [3.8, 4) is 5.82 Å². The minimum Gasteiger partial charge on any atom is -0.258 e. The van der Waals surface area contributed by atoms with E-state index in [9.17, 15) is 0 Å². The van der Waals surface area contributed by atoms with Gasteiger partial charge in [0.25, 0.3) is 0 Å². The minimum absolute atomic E-state index is 0.358. The molecule has 3 rings (SSSR count). The van der Waals surface area contributed by atoms with Crippen LogP contribution in [0.4, 0.5) is 0 Å². The fraction of sp³-hybridized carbons (Fsp3) is 0. The zero-order valence-electron chi connectivity index (χ0n) is 8.21. The summed E-state index contributed by atoms with van der Waals surface area (Å²) in [7, 11) is 0. The Balaban J connectivity index is 2.26. The molecule has 16 heavy (non-hydrogen) atoms. The predicted molar refractivity (Wildman–Crippen MR) is 61.7 cm³/mol. The van der Waals surface area contributed by atoms with Crippen LogP contribution < -0.4 is 0 Å². The molecule has 0 unspecified atom stereocenters. The highest BCUT2D eigenvalue weighted by molar-refractivity contribution is 6.29. The maximum absolute atomic E-state index is 5.80. The number of benzene rings is 1. The van der Waals surface area contributed by atoms with Gasteiger partial charge in [0.15, 0.2) is 5.82 Å². The van der Waals surface area contributed by atoms with Gasteiger partial charge in [0.1, 0.15) is 5.15 Å². The molecular formula is C11H7ClN4. The molecule has 5 heteroatoms. The van der Waals surface area contributed by atoms with Crippen LogP contribution in [0.25, 0.3) is 16.7 Å². The molecule has 0 aliphatic carbocycles. The maximum atomic E-state index is 5.80. The molecule has 0 bridgehead atoms. The second-order valence-electron chi connectivity index (χ2n) is 3.32. The number of hydrogen-bond acceptors (Lipinski definition) is 3. The first kappa shape index (κ1) is 9.30. The molecule has 0 amide bonds. The van der Waals surface area contributed by atoms with Crippen molar-refractivity contribution in [2.45, 2.75) is 0 Å². The molecule has 0 saturated heterocycles. The van der Waals surface area contributed by atoms with Gasteiger partial charge < -0.3 is 0 Å². The van der Waals surface area contributed by atoms with Gasteiger partial charge >= 0.3 is 0 Å². The predicted octanol–water partition coefficient (Wildman–Crippen LogP) is 2.47. The summed E-state index contributed by atoms with van der Waals surface area (Å²) >= 11 is 5.80. The van der Waals surface area contributed by atoms with Gasteiger partial charge in [0, 0.05) is 5.39 Å². The van der Waals surface area contributed by atoms with Crippen molar-refractivity contribution in [1.82, 2.24) is 19.7 Å². The van der Waals surface area contributed by atoms with Crippen molar-refractivity contribution in [3.05, 3.63) is 48.0 Å². The second kappa shape index (κ2) is 3.57. The molecule has 0 aliphatic heterocycles. The molecule has 2 heterocycles. The van der Waals surface area contributed by atoms with Crippen LogP contribution in [0.5, 0.6) is 0 Å². The topological polar surface area (TPSA) is 43.6 Å². The van der Waals surface area contributed by atoms with Crippen molar-refractivity contribution in [3.63, 3.8) is 0 Å². The lowest BCUT2D eigenvalue weighted by Crippen LogP contribution is -1.99. The first-order valence-electron chi connectivity index (χ1n) is 4.75. The third-order valence-corrected chi connectivity index (χ3v) is 2.47. The highest BCUT2D eigenvalue weighted by Gasteiger charge is 2.05. The van der Waals surface area contributed by atoms with E-state index in [2.05, 4.69) is 15.1 Å². The number of hydrogen-bond donors (Lipinski definition) is 0. The normalized spacial score (nSPS) is 10.8. The van der Waals surface area contributed by atoms with E-state index in [1.807, 2.05) is 24.3 Å². The number of nitrogens with zero attached hydrogens (tertiary/aromatic N) is 4. The summed E-state index contributed by atoms with van der Waals surface area (Å²) in [5.74, 6) is 0.619. The number of halogens is 1. The van der Waals surface area contributed by atoms with Crippen LogP contribution in [-0.2, 0) is 0 Å². The van der Waals surface area contributed by atoms with E-state index in [1.54, 1.807) is 17.1 Å². The van der Waals surface area contributed by atoms with E-state index < -0.39 is 0 Å². The minimum atomic E-state index is 0.358. The lowest BCUT2D eigenvalue weighted by molar-refractivity contribution is 0.864. The molecule has 0 spiro atoms. The van der Waals surface area contributed by atoms with Crippen LogP contribution in [-0.4, -0.2) is 19.7 Å². The Kier molecular flexibility index (Phi) is 2.08. The summed E-state index contributed by atoms with van der Waals surface area (Å²) in [6, 6.07) is 7.90. The molecule has 0 N–H and O–H groups in total. The first-order valence-corrected chi connectivity index (χ1v) is 5.13. The number of para-hydroxylation sites is 1. The average molecular weight is 231 g/mol. The Morgan fingerprint density at radius 2 is 1.94 bits per heavy atom. The van der Waals surface area contributed by atoms with Crippen molar-refractivity contribution in [2.24, 2.45) is 0 Å². The van der Waals surface area contributed by atoms with Crippen molar-refractivity contribution in [2.75, 3.05) is 0 Å². The molecule has 0 aliphatic rings. The fourth-order valence-corrected chi connectivity index (χ4v) is 1.73. The number of fused-ring (bicyclic) bond motifs is 1. The van der Waals surface area contributed by atoms with Crippen molar-refractivity contribution < 1.29 is 0 Å². The van der Waals surface area contributed by atoms with Crippen molar-refractivity contribution >= 4 is 22.5 Å². The van der Waals surface area contributed by atoms with Crippen LogP contribution in [0, 0.1) is 0 Å². The van der Waals surface area contributed by atoms with Gasteiger partial charge in [0.05, 0.1) is 24.1 Å². The monoisotopic (exact) mass is 230 g/mol. The van der Waals surface area contributed by atoms with E-state index >= 15 is 0 Å². The molecule has 78 valence electrons. The quantitative estimate of drug-likeness (QED) is 0.645. The Bertz CT molecular complexity index is 647.